The number of nitrogens with one attached hydrogen (secondary N) is 1. The van der Waals surface area contributed by atoms with E-state index in [2.05, 4.69) is 12.2 Å². The first-order valence-corrected chi connectivity index (χ1v) is 4.08. The molecule has 1 heterocycles. The largest absolute Gasteiger partial charge is 0.383 e. The van der Waals surface area contributed by atoms with Gasteiger partial charge in [0.15, 0.2) is 0 Å². The first kappa shape index (κ1) is 8.02. The van der Waals surface area contributed by atoms with Crippen LogP contribution in [-0.4, -0.2) is 25.8 Å². The Morgan fingerprint density at radius 3 is 2.90 bits per heavy atom. The molecule has 2 nitrogen and oxygen atoms in total. The van der Waals surface area contributed by atoms with E-state index in [0.29, 0.717) is 12.1 Å². The molecule has 1 aliphatic heterocycles. The Morgan fingerprint density at radius 1 is 1.50 bits per heavy atom. The predicted molar refractivity (Wildman–Crippen MR) is 42.1 cm³/mol. The maximum atomic E-state index is 5.07. The Kier molecular flexibility index (Phi) is 3.16. The van der Waals surface area contributed by atoms with Crippen LogP contribution < -0.4 is 5.32 Å². The molecule has 0 radical (unpaired) electrons. The summed E-state index contributed by atoms with van der Waals surface area (Å²) in [7, 11) is 1.76. The fourth-order valence-corrected chi connectivity index (χ4v) is 1.57. The highest BCUT2D eigenvalue weighted by molar-refractivity contribution is 4.76. The Bertz CT molecular complexity index is 93.3. The molecule has 2 heteroatoms. The number of piperidine rings is 1. The first-order valence-electron chi connectivity index (χ1n) is 4.08. The smallest absolute Gasteiger partial charge is 0.0615 e. The molecule has 0 amide bonds. The number of hydrogen-bond acceptors (Lipinski definition) is 2. The van der Waals surface area contributed by atoms with Crippen LogP contribution in [0.25, 0.3) is 0 Å². The van der Waals surface area contributed by atoms with Gasteiger partial charge in [-0.05, 0) is 19.8 Å². The fourth-order valence-electron chi connectivity index (χ4n) is 1.57. The molecular weight excluding hydrogens is 126 g/mol. The minimum Gasteiger partial charge on any atom is -0.383 e. The van der Waals surface area contributed by atoms with Crippen molar-refractivity contribution in [3.8, 4) is 0 Å². The van der Waals surface area contributed by atoms with Crippen LogP contribution in [-0.2, 0) is 4.74 Å². The maximum absolute atomic E-state index is 5.07. The highest BCUT2D eigenvalue weighted by Crippen LogP contribution is 2.11. The van der Waals surface area contributed by atoms with Gasteiger partial charge in [0.1, 0.15) is 0 Å². The molecule has 10 heavy (non-hydrogen) atoms. The summed E-state index contributed by atoms with van der Waals surface area (Å²) in [5.74, 6) is 0. The normalized spacial score (nSPS) is 34.2. The standard InChI is InChI=1S/C8H17NO/c1-7-4-3-5-8(9-7)6-10-2/h7-9H,3-6H2,1-2H3/t7-,8-/m0/s1. The lowest BCUT2D eigenvalue weighted by Gasteiger charge is -2.27. The van der Waals surface area contributed by atoms with E-state index in [-0.39, 0.29) is 0 Å². The van der Waals surface area contributed by atoms with Crippen LogP contribution in [0.1, 0.15) is 26.2 Å². The van der Waals surface area contributed by atoms with Crippen molar-refractivity contribution in [2.75, 3.05) is 13.7 Å². The maximum Gasteiger partial charge on any atom is 0.0615 e. The van der Waals surface area contributed by atoms with Gasteiger partial charge in [0.2, 0.25) is 0 Å². The SMILES string of the molecule is COC[C@@H]1CCC[C@H](C)N1. The van der Waals surface area contributed by atoms with Gasteiger partial charge in [-0.2, -0.15) is 0 Å². The van der Waals surface area contributed by atoms with Crippen molar-refractivity contribution < 1.29 is 4.74 Å². The summed E-state index contributed by atoms with van der Waals surface area (Å²) in [6, 6.07) is 1.29. The molecule has 0 saturated carbocycles. The third kappa shape index (κ3) is 2.27. The van der Waals surface area contributed by atoms with E-state index in [9.17, 15) is 0 Å². The highest BCUT2D eigenvalue weighted by atomic mass is 16.5. The quantitative estimate of drug-likeness (QED) is 0.626. The van der Waals surface area contributed by atoms with Crippen molar-refractivity contribution >= 4 is 0 Å². The number of hydrogen-bond donors (Lipinski definition) is 1. The lowest BCUT2D eigenvalue weighted by atomic mass is 10.0. The summed E-state index contributed by atoms with van der Waals surface area (Å²) < 4.78 is 5.07. The van der Waals surface area contributed by atoms with Crippen LogP contribution in [0.2, 0.25) is 0 Å². The second kappa shape index (κ2) is 3.94. The topological polar surface area (TPSA) is 21.3 Å². The number of ether oxygens (including phenoxy) is 1. The summed E-state index contributed by atoms with van der Waals surface area (Å²) in [5, 5.41) is 3.49. The van der Waals surface area contributed by atoms with Crippen molar-refractivity contribution in [3.05, 3.63) is 0 Å². The molecule has 1 rings (SSSR count). The van der Waals surface area contributed by atoms with E-state index in [1.807, 2.05) is 0 Å². The average molecular weight is 143 g/mol. The van der Waals surface area contributed by atoms with Gasteiger partial charge in [0.05, 0.1) is 6.61 Å². The zero-order valence-electron chi connectivity index (χ0n) is 6.89. The molecule has 1 saturated heterocycles. The van der Waals surface area contributed by atoms with E-state index < -0.39 is 0 Å². The second-order valence-corrected chi connectivity index (χ2v) is 3.15. The Morgan fingerprint density at radius 2 is 2.30 bits per heavy atom. The Balaban J connectivity index is 2.18. The average Bonchev–Trinajstić information content (AvgIpc) is 1.88. The molecular formula is C8H17NO. The summed E-state index contributed by atoms with van der Waals surface area (Å²) >= 11 is 0. The minimum atomic E-state index is 0.605. The summed E-state index contributed by atoms with van der Waals surface area (Å²) in [4.78, 5) is 0. The first-order chi connectivity index (χ1) is 4.83. The van der Waals surface area contributed by atoms with Crippen LogP contribution in [0.5, 0.6) is 0 Å². The van der Waals surface area contributed by atoms with Crippen molar-refractivity contribution in [2.45, 2.75) is 38.3 Å². The molecule has 1 N–H and O–H groups in total. The monoisotopic (exact) mass is 143 g/mol. The molecule has 0 spiro atoms. The van der Waals surface area contributed by atoms with Crippen molar-refractivity contribution in [3.63, 3.8) is 0 Å². The predicted octanol–water partition coefficient (Wildman–Crippen LogP) is 1.16. The van der Waals surface area contributed by atoms with E-state index >= 15 is 0 Å². The molecule has 0 bridgehead atoms. The van der Waals surface area contributed by atoms with Gasteiger partial charge in [0, 0.05) is 19.2 Å². The minimum absolute atomic E-state index is 0.605. The summed E-state index contributed by atoms with van der Waals surface area (Å²) in [5.41, 5.74) is 0. The van der Waals surface area contributed by atoms with Crippen LogP contribution in [0.3, 0.4) is 0 Å². The van der Waals surface area contributed by atoms with Gasteiger partial charge in [-0.1, -0.05) is 6.42 Å². The molecule has 1 aliphatic rings. The van der Waals surface area contributed by atoms with Gasteiger partial charge in [-0.3, -0.25) is 0 Å². The van der Waals surface area contributed by atoms with Gasteiger partial charge in [-0.15, -0.1) is 0 Å². The molecule has 60 valence electrons. The van der Waals surface area contributed by atoms with Gasteiger partial charge in [-0.25, -0.2) is 0 Å². The molecule has 1 fully saturated rings. The van der Waals surface area contributed by atoms with Gasteiger partial charge in [0.25, 0.3) is 0 Å². The molecule has 0 aromatic heterocycles. The van der Waals surface area contributed by atoms with Crippen LogP contribution >= 0.6 is 0 Å². The van der Waals surface area contributed by atoms with Crippen LogP contribution in [0.4, 0.5) is 0 Å². The van der Waals surface area contributed by atoms with Gasteiger partial charge >= 0.3 is 0 Å². The number of rotatable bonds is 2. The molecule has 0 aliphatic carbocycles. The van der Waals surface area contributed by atoms with Crippen molar-refractivity contribution in [2.24, 2.45) is 0 Å². The van der Waals surface area contributed by atoms with E-state index in [1.54, 1.807) is 7.11 Å². The number of methoxy groups -OCH3 is 1. The van der Waals surface area contributed by atoms with E-state index in [4.69, 9.17) is 4.74 Å². The molecule has 2 atom stereocenters. The summed E-state index contributed by atoms with van der Waals surface area (Å²) in [6.07, 6.45) is 3.95. The fraction of sp³-hybridized carbons (Fsp3) is 1.00. The van der Waals surface area contributed by atoms with E-state index in [0.717, 1.165) is 6.61 Å². The van der Waals surface area contributed by atoms with Crippen LogP contribution in [0, 0.1) is 0 Å². The highest BCUT2D eigenvalue weighted by Gasteiger charge is 2.16. The lowest BCUT2D eigenvalue weighted by molar-refractivity contribution is 0.144. The van der Waals surface area contributed by atoms with Gasteiger partial charge < -0.3 is 10.1 Å². The molecule has 0 aromatic carbocycles. The third-order valence-electron chi connectivity index (χ3n) is 2.08. The van der Waals surface area contributed by atoms with E-state index in [1.165, 1.54) is 19.3 Å². The summed E-state index contributed by atoms with van der Waals surface area (Å²) in [6.45, 7) is 3.10. The second-order valence-electron chi connectivity index (χ2n) is 3.15. The zero-order valence-corrected chi connectivity index (χ0v) is 6.89. The Hall–Kier alpha value is -0.0800. The zero-order chi connectivity index (χ0) is 7.40. The third-order valence-corrected chi connectivity index (χ3v) is 2.08. The lowest BCUT2D eigenvalue weighted by Crippen LogP contribution is -2.42. The van der Waals surface area contributed by atoms with Crippen molar-refractivity contribution in [1.29, 1.82) is 0 Å². The van der Waals surface area contributed by atoms with Crippen LogP contribution in [0.15, 0.2) is 0 Å². The molecule has 0 unspecified atom stereocenters. The van der Waals surface area contributed by atoms with Crippen molar-refractivity contribution in [1.82, 2.24) is 5.32 Å². The Labute approximate surface area is 63.0 Å². The molecule has 0 aromatic rings.